The van der Waals surface area contributed by atoms with Crippen molar-refractivity contribution in [1.82, 2.24) is 15.3 Å². The van der Waals surface area contributed by atoms with E-state index in [1.54, 1.807) is 0 Å². The highest BCUT2D eigenvalue weighted by Gasteiger charge is 2.24. The molecule has 6 nitrogen and oxygen atoms in total. The van der Waals surface area contributed by atoms with Crippen LogP contribution in [0, 0.1) is 5.92 Å². The molecule has 6 heteroatoms. The van der Waals surface area contributed by atoms with E-state index in [0.717, 1.165) is 13.0 Å². The van der Waals surface area contributed by atoms with E-state index in [-0.39, 0.29) is 23.5 Å². The summed E-state index contributed by atoms with van der Waals surface area (Å²) in [5, 5.41) is 2.82. The number of nitrogens with two attached hydrogens (primary N) is 1. The zero-order valence-electron chi connectivity index (χ0n) is 9.72. The molecule has 92 valence electrons. The Kier molecular flexibility index (Phi) is 3.53. The molecule has 1 aliphatic heterocycles. The topological polar surface area (TPSA) is 90.1 Å². The van der Waals surface area contributed by atoms with Crippen LogP contribution < -0.4 is 11.1 Å². The summed E-state index contributed by atoms with van der Waals surface area (Å²) < 4.78 is 5.42. The lowest BCUT2D eigenvalue weighted by molar-refractivity contribution is 0.0903. The van der Waals surface area contributed by atoms with Crippen LogP contribution in [0.5, 0.6) is 0 Å². The molecule has 2 rings (SSSR count). The first-order valence-corrected chi connectivity index (χ1v) is 5.64. The number of nitrogen functional groups attached to an aromatic ring is 1. The third-order valence-corrected chi connectivity index (χ3v) is 2.94. The number of amides is 1. The van der Waals surface area contributed by atoms with Crippen LogP contribution in [0.1, 0.15) is 23.8 Å². The van der Waals surface area contributed by atoms with E-state index in [9.17, 15) is 4.79 Å². The fourth-order valence-corrected chi connectivity index (χ4v) is 1.85. The number of hydrogen-bond acceptors (Lipinski definition) is 5. The number of hydrogen-bond donors (Lipinski definition) is 2. The predicted octanol–water partition coefficient (Wildman–Crippen LogP) is 0.214. The van der Waals surface area contributed by atoms with Crippen molar-refractivity contribution >= 4 is 11.7 Å². The molecular weight excluding hydrogens is 220 g/mol. The maximum absolute atomic E-state index is 11.8. The maximum atomic E-state index is 11.8. The van der Waals surface area contributed by atoms with Crippen LogP contribution >= 0.6 is 0 Å². The molecular formula is C11H16N4O2. The van der Waals surface area contributed by atoms with E-state index in [1.807, 2.05) is 6.92 Å². The lowest BCUT2D eigenvalue weighted by Crippen LogP contribution is -2.32. The fourth-order valence-electron chi connectivity index (χ4n) is 1.85. The van der Waals surface area contributed by atoms with E-state index in [4.69, 9.17) is 10.5 Å². The Bertz CT molecular complexity index is 410. The van der Waals surface area contributed by atoms with Gasteiger partial charge in [0.2, 0.25) is 0 Å². The zero-order valence-corrected chi connectivity index (χ0v) is 9.72. The molecule has 2 atom stereocenters. The Labute approximate surface area is 99.6 Å². The van der Waals surface area contributed by atoms with Gasteiger partial charge in [-0.3, -0.25) is 9.78 Å². The highest BCUT2D eigenvalue weighted by Crippen LogP contribution is 2.19. The van der Waals surface area contributed by atoms with Crippen molar-refractivity contribution in [2.75, 3.05) is 18.9 Å². The van der Waals surface area contributed by atoms with Crippen LogP contribution in [0.3, 0.4) is 0 Å². The molecule has 17 heavy (non-hydrogen) atoms. The summed E-state index contributed by atoms with van der Waals surface area (Å²) in [5.41, 5.74) is 5.71. The van der Waals surface area contributed by atoms with Gasteiger partial charge in [-0.25, -0.2) is 4.98 Å². The van der Waals surface area contributed by atoms with Crippen molar-refractivity contribution in [3.8, 4) is 0 Å². The van der Waals surface area contributed by atoms with Gasteiger partial charge in [-0.1, -0.05) is 0 Å². The largest absolute Gasteiger partial charge is 0.382 e. The highest BCUT2D eigenvalue weighted by molar-refractivity contribution is 5.92. The quantitative estimate of drug-likeness (QED) is 0.783. The SMILES string of the molecule is CC1OCCC1CNC(=O)c1cncc(N)n1. The molecule has 1 amide bonds. The zero-order chi connectivity index (χ0) is 12.3. The van der Waals surface area contributed by atoms with Crippen LogP contribution in [0.15, 0.2) is 12.4 Å². The minimum atomic E-state index is -0.246. The van der Waals surface area contributed by atoms with Crippen molar-refractivity contribution in [2.24, 2.45) is 5.92 Å². The van der Waals surface area contributed by atoms with Gasteiger partial charge in [-0.15, -0.1) is 0 Å². The van der Waals surface area contributed by atoms with Gasteiger partial charge in [0, 0.05) is 19.1 Å². The summed E-state index contributed by atoms with van der Waals surface area (Å²) in [5.74, 6) is 0.368. The summed E-state index contributed by atoms with van der Waals surface area (Å²) in [6.45, 7) is 3.38. The van der Waals surface area contributed by atoms with Crippen LogP contribution in [0.4, 0.5) is 5.82 Å². The van der Waals surface area contributed by atoms with Gasteiger partial charge < -0.3 is 15.8 Å². The number of ether oxygens (including phenoxy) is 1. The van der Waals surface area contributed by atoms with Crippen LogP contribution in [-0.4, -0.2) is 35.1 Å². The van der Waals surface area contributed by atoms with Crippen LogP contribution in [0.25, 0.3) is 0 Å². The van der Waals surface area contributed by atoms with E-state index < -0.39 is 0 Å². The van der Waals surface area contributed by atoms with Gasteiger partial charge >= 0.3 is 0 Å². The number of carbonyl (C=O) groups excluding carboxylic acids is 1. The van der Waals surface area contributed by atoms with Gasteiger partial charge in [0.15, 0.2) is 0 Å². The van der Waals surface area contributed by atoms with Crippen LogP contribution in [0.2, 0.25) is 0 Å². The van der Waals surface area contributed by atoms with E-state index in [2.05, 4.69) is 15.3 Å². The number of rotatable bonds is 3. The molecule has 2 unspecified atom stereocenters. The third kappa shape index (κ3) is 2.91. The molecule has 1 fully saturated rings. The Hall–Kier alpha value is -1.69. The van der Waals surface area contributed by atoms with Gasteiger partial charge in [0.25, 0.3) is 5.91 Å². The minimum Gasteiger partial charge on any atom is -0.382 e. The molecule has 0 saturated carbocycles. The number of nitrogens with one attached hydrogen (secondary N) is 1. The maximum Gasteiger partial charge on any atom is 0.271 e. The van der Waals surface area contributed by atoms with Crippen molar-refractivity contribution in [3.63, 3.8) is 0 Å². The number of carbonyl (C=O) groups is 1. The second-order valence-electron chi connectivity index (χ2n) is 4.16. The first-order valence-electron chi connectivity index (χ1n) is 5.64. The first-order chi connectivity index (χ1) is 8.16. The molecule has 1 aromatic heterocycles. The van der Waals surface area contributed by atoms with E-state index in [0.29, 0.717) is 12.5 Å². The highest BCUT2D eigenvalue weighted by atomic mass is 16.5. The summed E-state index contributed by atoms with van der Waals surface area (Å²) >= 11 is 0. The number of aromatic nitrogens is 2. The minimum absolute atomic E-state index is 0.197. The molecule has 0 aliphatic carbocycles. The first kappa shape index (κ1) is 11.8. The second-order valence-corrected chi connectivity index (χ2v) is 4.16. The number of anilines is 1. The smallest absolute Gasteiger partial charge is 0.271 e. The Morgan fingerprint density at radius 2 is 2.47 bits per heavy atom. The standard InChI is InChI=1S/C11H16N4O2/c1-7-8(2-3-17-7)4-14-11(16)9-5-13-6-10(12)15-9/h5-8H,2-4H2,1H3,(H2,12,15)(H,14,16). The average Bonchev–Trinajstić information content (AvgIpc) is 2.72. The lowest BCUT2D eigenvalue weighted by atomic mass is 10.0. The normalized spacial score (nSPS) is 23.6. The molecule has 1 aromatic rings. The molecule has 2 heterocycles. The predicted molar refractivity (Wildman–Crippen MR) is 62.3 cm³/mol. The van der Waals surface area contributed by atoms with Gasteiger partial charge in [-0.2, -0.15) is 0 Å². The second kappa shape index (κ2) is 5.09. The van der Waals surface area contributed by atoms with Crippen molar-refractivity contribution in [3.05, 3.63) is 18.1 Å². The Morgan fingerprint density at radius 1 is 1.65 bits per heavy atom. The Balaban J connectivity index is 1.89. The van der Waals surface area contributed by atoms with E-state index >= 15 is 0 Å². The number of nitrogens with zero attached hydrogens (tertiary/aromatic N) is 2. The van der Waals surface area contributed by atoms with Crippen LogP contribution in [-0.2, 0) is 4.74 Å². The molecule has 0 radical (unpaired) electrons. The summed E-state index contributed by atoms with van der Waals surface area (Å²) in [4.78, 5) is 19.5. The molecule has 3 N–H and O–H groups in total. The molecule has 0 aromatic carbocycles. The molecule has 0 bridgehead atoms. The van der Waals surface area contributed by atoms with Crippen molar-refractivity contribution in [2.45, 2.75) is 19.4 Å². The van der Waals surface area contributed by atoms with E-state index in [1.165, 1.54) is 12.4 Å². The van der Waals surface area contributed by atoms with Gasteiger partial charge in [0.05, 0.1) is 18.5 Å². The molecule has 0 spiro atoms. The van der Waals surface area contributed by atoms with Crippen molar-refractivity contribution < 1.29 is 9.53 Å². The summed E-state index contributed by atoms with van der Waals surface area (Å²) in [7, 11) is 0. The summed E-state index contributed by atoms with van der Waals surface area (Å²) in [6.07, 6.45) is 3.98. The lowest BCUT2D eigenvalue weighted by Gasteiger charge is -2.14. The summed E-state index contributed by atoms with van der Waals surface area (Å²) in [6, 6.07) is 0. The third-order valence-electron chi connectivity index (χ3n) is 2.94. The Morgan fingerprint density at radius 3 is 3.12 bits per heavy atom. The monoisotopic (exact) mass is 236 g/mol. The fraction of sp³-hybridized carbons (Fsp3) is 0.545. The van der Waals surface area contributed by atoms with Gasteiger partial charge in [0.1, 0.15) is 11.5 Å². The molecule has 1 saturated heterocycles. The van der Waals surface area contributed by atoms with Gasteiger partial charge in [-0.05, 0) is 13.3 Å². The molecule has 1 aliphatic rings. The van der Waals surface area contributed by atoms with Crippen molar-refractivity contribution in [1.29, 1.82) is 0 Å². The average molecular weight is 236 g/mol.